The number of benzene rings is 1. The van der Waals surface area contributed by atoms with Crippen molar-refractivity contribution < 1.29 is 8.42 Å². The monoisotopic (exact) mass is 338 g/mol. The van der Waals surface area contributed by atoms with Crippen LogP contribution in [0.1, 0.15) is 24.4 Å². The fourth-order valence-corrected chi connectivity index (χ4v) is 4.79. The SMILES string of the molecule is O=S(=O)(Cc1ccccc1Cl)N1CCC(n2cccc2)CC1. The van der Waals surface area contributed by atoms with Gasteiger partial charge < -0.3 is 4.57 Å². The first-order valence-corrected chi connectivity index (χ1v) is 9.39. The molecule has 3 rings (SSSR count). The van der Waals surface area contributed by atoms with Gasteiger partial charge in [-0.05, 0) is 36.6 Å². The van der Waals surface area contributed by atoms with Gasteiger partial charge in [-0.1, -0.05) is 29.8 Å². The number of nitrogens with zero attached hydrogens (tertiary/aromatic N) is 2. The Morgan fingerprint density at radius 1 is 1.05 bits per heavy atom. The van der Waals surface area contributed by atoms with Gasteiger partial charge in [-0.25, -0.2) is 12.7 Å². The summed E-state index contributed by atoms with van der Waals surface area (Å²) in [6, 6.07) is 11.5. The minimum absolute atomic E-state index is 0.0269. The van der Waals surface area contributed by atoms with E-state index >= 15 is 0 Å². The zero-order valence-electron chi connectivity index (χ0n) is 12.2. The second-order valence-electron chi connectivity index (χ2n) is 5.61. The number of rotatable bonds is 4. The van der Waals surface area contributed by atoms with Crippen molar-refractivity contribution in [2.75, 3.05) is 13.1 Å². The van der Waals surface area contributed by atoms with Crippen LogP contribution in [-0.4, -0.2) is 30.4 Å². The molecule has 0 atom stereocenters. The Bertz CT molecular complexity index is 720. The van der Waals surface area contributed by atoms with Gasteiger partial charge in [0.1, 0.15) is 0 Å². The molecule has 2 aromatic rings. The van der Waals surface area contributed by atoms with E-state index in [2.05, 4.69) is 4.57 Å². The maximum Gasteiger partial charge on any atom is 0.218 e. The molecule has 118 valence electrons. The normalized spacial score (nSPS) is 17.7. The topological polar surface area (TPSA) is 42.3 Å². The average Bonchev–Trinajstić information content (AvgIpc) is 3.04. The Hall–Kier alpha value is -1.30. The number of sulfonamides is 1. The molecule has 0 unspecified atom stereocenters. The summed E-state index contributed by atoms with van der Waals surface area (Å²) in [6.07, 6.45) is 5.77. The maximum absolute atomic E-state index is 12.6. The van der Waals surface area contributed by atoms with E-state index in [1.54, 1.807) is 22.5 Å². The van der Waals surface area contributed by atoms with Crippen molar-refractivity contribution in [3.05, 3.63) is 59.4 Å². The summed E-state index contributed by atoms with van der Waals surface area (Å²) in [5, 5.41) is 0.508. The predicted molar refractivity (Wildman–Crippen MR) is 88.4 cm³/mol. The van der Waals surface area contributed by atoms with E-state index in [-0.39, 0.29) is 5.75 Å². The summed E-state index contributed by atoms with van der Waals surface area (Å²) in [5.74, 6) is -0.0269. The van der Waals surface area contributed by atoms with Crippen LogP contribution in [0.4, 0.5) is 0 Å². The van der Waals surface area contributed by atoms with Crippen LogP contribution >= 0.6 is 11.6 Å². The fourth-order valence-electron chi connectivity index (χ4n) is 2.91. The van der Waals surface area contributed by atoms with E-state index in [0.717, 1.165) is 12.8 Å². The second-order valence-corrected chi connectivity index (χ2v) is 7.98. The first-order chi connectivity index (χ1) is 10.6. The standard InChI is InChI=1S/C16H19ClN2O2S/c17-16-6-2-1-5-14(16)13-22(20,21)19-11-7-15(8-12-19)18-9-3-4-10-18/h1-6,9-10,15H,7-8,11-13H2. The van der Waals surface area contributed by atoms with E-state index in [0.29, 0.717) is 29.7 Å². The third-order valence-corrected chi connectivity index (χ3v) is 6.36. The molecular formula is C16H19ClN2O2S. The molecule has 0 aliphatic carbocycles. The van der Waals surface area contributed by atoms with Crippen molar-refractivity contribution in [2.45, 2.75) is 24.6 Å². The average molecular weight is 339 g/mol. The molecule has 0 saturated carbocycles. The molecule has 1 aliphatic rings. The van der Waals surface area contributed by atoms with Crippen molar-refractivity contribution in [3.8, 4) is 0 Å². The van der Waals surface area contributed by atoms with Crippen LogP contribution < -0.4 is 0 Å². The molecule has 0 amide bonds. The molecule has 6 heteroatoms. The zero-order valence-corrected chi connectivity index (χ0v) is 13.8. The molecule has 1 aliphatic heterocycles. The largest absolute Gasteiger partial charge is 0.351 e. The lowest BCUT2D eigenvalue weighted by molar-refractivity contribution is 0.274. The molecule has 22 heavy (non-hydrogen) atoms. The van der Waals surface area contributed by atoms with Crippen molar-refractivity contribution in [2.24, 2.45) is 0 Å². The van der Waals surface area contributed by atoms with E-state index in [1.165, 1.54) is 0 Å². The van der Waals surface area contributed by atoms with Crippen molar-refractivity contribution in [3.63, 3.8) is 0 Å². The Balaban J connectivity index is 1.66. The lowest BCUT2D eigenvalue weighted by atomic mass is 10.1. The molecular weight excluding hydrogens is 320 g/mol. The summed E-state index contributed by atoms with van der Waals surface area (Å²) >= 11 is 6.07. The fraction of sp³-hybridized carbons (Fsp3) is 0.375. The van der Waals surface area contributed by atoms with E-state index in [4.69, 9.17) is 11.6 Å². The number of halogens is 1. The van der Waals surface area contributed by atoms with Crippen LogP contribution in [0.15, 0.2) is 48.8 Å². The van der Waals surface area contributed by atoms with Gasteiger partial charge in [0.2, 0.25) is 10.0 Å². The minimum atomic E-state index is -3.31. The molecule has 1 saturated heterocycles. The van der Waals surface area contributed by atoms with Gasteiger partial charge in [-0.2, -0.15) is 0 Å². The van der Waals surface area contributed by atoms with Gasteiger partial charge in [-0.3, -0.25) is 0 Å². The third kappa shape index (κ3) is 3.37. The highest BCUT2D eigenvalue weighted by molar-refractivity contribution is 7.88. The lowest BCUT2D eigenvalue weighted by Crippen LogP contribution is -2.39. The minimum Gasteiger partial charge on any atom is -0.351 e. The van der Waals surface area contributed by atoms with Crippen LogP contribution in [0.3, 0.4) is 0 Å². The predicted octanol–water partition coefficient (Wildman–Crippen LogP) is 3.31. The Labute approximate surface area is 136 Å². The van der Waals surface area contributed by atoms with E-state index in [1.807, 2.05) is 30.6 Å². The number of hydrogen-bond acceptors (Lipinski definition) is 2. The molecule has 1 aromatic carbocycles. The molecule has 0 N–H and O–H groups in total. The second kappa shape index (κ2) is 6.44. The summed E-state index contributed by atoms with van der Waals surface area (Å²) in [5.41, 5.74) is 0.664. The van der Waals surface area contributed by atoms with Crippen LogP contribution in [-0.2, 0) is 15.8 Å². The van der Waals surface area contributed by atoms with Gasteiger partial charge in [0.15, 0.2) is 0 Å². The Kier molecular flexibility index (Phi) is 4.57. The molecule has 0 bridgehead atoms. The quantitative estimate of drug-likeness (QED) is 0.858. The Morgan fingerprint density at radius 2 is 1.68 bits per heavy atom. The maximum atomic E-state index is 12.6. The smallest absolute Gasteiger partial charge is 0.218 e. The van der Waals surface area contributed by atoms with Crippen molar-refractivity contribution in [1.29, 1.82) is 0 Å². The molecule has 2 heterocycles. The molecule has 0 radical (unpaired) electrons. The number of piperidine rings is 1. The zero-order chi connectivity index (χ0) is 15.6. The van der Waals surface area contributed by atoms with Crippen LogP contribution in [0, 0.1) is 0 Å². The molecule has 0 spiro atoms. The number of hydrogen-bond donors (Lipinski definition) is 0. The van der Waals surface area contributed by atoms with E-state index in [9.17, 15) is 8.42 Å². The van der Waals surface area contributed by atoms with Crippen molar-refractivity contribution in [1.82, 2.24) is 8.87 Å². The highest BCUT2D eigenvalue weighted by Crippen LogP contribution is 2.26. The van der Waals surface area contributed by atoms with Gasteiger partial charge in [0, 0.05) is 36.5 Å². The highest BCUT2D eigenvalue weighted by atomic mass is 35.5. The van der Waals surface area contributed by atoms with Crippen LogP contribution in [0.25, 0.3) is 0 Å². The summed E-state index contributed by atoms with van der Waals surface area (Å²) in [4.78, 5) is 0. The summed E-state index contributed by atoms with van der Waals surface area (Å²) in [6.45, 7) is 1.13. The van der Waals surface area contributed by atoms with Gasteiger partial charge in [0.25, 0.3) is 0 Å². The molecule has 1 aromatic heterocycles. The van der Waals surface area contributed by atoms with Gasteiger partial charge in [-0.15, -0.1) is 0 Å². The first-order valence-electron chi connectivity index (χ1n) is 7.40. The number of aromatic nitrogens is 1. The highest BCUT2D eigenvalue weighted by Gasteiger charge is 2.28. The lowest BCUT2D eigenvalue weighted by Gasteiger charge is -2.32. The first kappa shape index (κ1) is 15.6. The third-order valence-electron chi connectivity index (χ3n) is 4.16. The van der Waals surface area contributed by atoms with Gasteiger partial charge >= 0.3 is 0 Å². The van der Waals surface area contributed by atoms with E-state index < -0.39 is 10.0 Å². The molecule has 4 nitrogen and oxygen atoms in total. The van der Waals surface area contributed by atoms with Crippen LogP contribution in [0.2, 0.25) is 5.02 Å². The van der Waals surface area contributed by atoms with Crippen molar-refractivity contribution >= 4 is 21.6 Å². The summed E-state index contributed by atoms with van der Waals surface area (Å²) < 4.78 is 28.9. The summed E-state index contributed by atoms with van der Waals surface area (Å²) in [7, 11) is -3.31. The van der Waals surface area contributed by atoms with Gasteiger partial charge in [0.05, 0.1) is 5.75 Å². The van der Waals surface area contributed by atoms with Crippen LogP contribution in [0.5, 0.6) is 0 Å². The Morgan fingerprint density at radius 3 is 2.32 bits per heavy atom. The molecule has 1 fully saturated rings.